The van der Waals surface area contributed by atoms with Crippen LogP contribution in [0.25, 0.3) is 0 Å². The van der Waals surface area contributed by atoms with E-state index in [0.717, 1.165) is 19.6 Å². The van der Waals surface area contributed by atoms with Crippen LogP contribution in [0, 0.1) is 10.1 Å². The van der Waals surface area contributed by atoms with Crippen molar-refractivity contribution in [1.82, 2.24) is 9.80 Å². The summed E-state index contributed by atoms with van der Waals surface area (Å²) in [7, 11) is 0. The highest BCUT2D eigenvalue weighted by atomic mass is 35.5. The predicted octanol–water partition coefficient (Wildman–Crippen LogP) is 3.27. The molecule has 1 aromatic heterocycles. The van der Waals surface area contributed by atoms with E-state index in [2.05, 4.69) is 16.3 Å². The summed E-state index contributed by atoms with van der Waals surface area (Å²) in [5, 5.41) is 15.6. The van der Waals surface area contributed by atoms with Gasteiger partial charge >= 0.3 is 0 Å². The molecule has 0 N–H and O–H groups in total. The van der Waals surface area contributed by atoms with E-state index in [1.807, 2.05) is 5.38 Å². The van der Waals surface area contributed by atoms with Gasteiger partial charge in [0.25, 0.3) is 11.6 Å². The van der Waals surface area contributed by atoms with Crippen molar-refractivity contribution < 1.29 is 9.72 Å². The lowest BCUT2D eigenvalue weighted by Gasteiger charge is -2.34. The van der Waals surface area contributed by atoms with Gasteiger partial charge in [0, 0.05) is 43.8 Å². The molecule has 2 heterocycles. The summed E-state index contributed by atoms with van der Waals surface area (Å²) in [6.07, 6.45) is 0. The van der Waals surface area contributed by atoms with Crippen molar-refractivity contribution >= 4 is 34.5 Å². The molecular weight excluding hydrogens is 350 g/mol. The smallest absolute Gasteiger partial charge is 0.282 e. The van der Waals surface area contributed by atoms with Gasteiger partial charge in [-0.1, -0.05) is 11.6 Å². The maximum absolute atomic E-state index is 12.6. The Kier molecular flexibility index (Phi) is 5.13. The van der Waals surface area contributed by atoms with Gasteiger partial charge in [0.05, 0.1) is 4.92 Å². The van der Waals surface area contributed by atoms with Crippen molar-refractivity contribution in [3.63, 3.8) is 0 Å². The number of thiophene rings is 1. The highest BCUT2D eigenvalue weighted by Crippen LogP contribution is 2.24. The van der Waals surface area contributed by atoms with Gasteiger partial charge in [0.2, 0.25) is 0 Å². The minimum absolute atomic E-state index is 0.0544. The van der Waals surface area contributed by atoms with Gasteiger partial charge in [-0.15, -0.1) is 0 Å². The number of benzene rings is 1. The zero-order valence-electron chi connectivity index (χ0n) is 12.9. The van der Waals surface area contributed by atoms with E-state index in [1.165, 1.54) is 23.8 Å². The molecule has 3 rings (SSSR count). The van der Waals surface area contributed by atoms with Crippen LogP contribution < -0.4 is 0 Å². The Morgan fingerprint density at radius 1 is 1.25 bits per heavy atom. The second kappa shape index (κ2) is 7.29. The van der Waals surface area contributed by atoms with Crippen molar-refractivity contribution in [1.29, 1.82) is 0 Å². The average Bonchev–Trinajstić information content (AvgIpc) is 3.07. The SMILES string of the molecule is O=C(c1cc(Cl)ccc1[N+](=O)[O-])N1CCN(Cc2ccsc2)CC1. The second-order valence-corrected chi connectivity index (χ2v) is 6.83. The van der Waals surface area contributed by atoms with Crippen LogP contribution in [0.3, 0.4) is 0 Å². The number of halogens is 1. The van der Waals surface area contributed by atoms with E-state index in [4.69, 9.17) is 11.6 Å². The number of nitro groups is 1. The molecule has 1 amide bonds. The second-order valence-electron chi connectivity index (χ2n) is 5.62. The molecule has 8 heteroatoms. The lowest BCUT2D eigenvalue weighted by atomic mass is 10.1. The maximum Gasteiger partial charge on any atom is 0.282 e. The van der Waals surface area contributed by atoms with Crippen LogP contribution in [-0.2, 0) is 6.54 Å². The Morgan fingerprint density at radius 2 is 2.00 bits per heavy atom. The molecule has 0 radical (unpaired) electrons. The summed E-state index contributed by atoms with van der Waals surface area (Å²) in [6.45, 7) is 3.45. The third kappa shape index (κ3) is 3.75. The number of hydrogen-bond donors (Lipinski definition) is 0. The highest BCUT2D eigenvalue weighted by Gasteiger charge is 2.27. The molecule has 0 saturated carbocycles. The minimum atomic E-state index is -0.545. The summed E-state index contributed by atoms with van der Waals surface area (Å²) >= 11 is 7.58. The fourth-order valence-electron chi connectivity index (χ4n) is 2.76. The third-order valence-electron chi connectivity index (χ3n) is 4.03. The zero-order valence-corrected chi connectivity index (χ0v) is 14.4. The van der Waals surface area contributed by atoms with Gasteiger partial charge in [-0.05, 0) is 34.5 Å². The highest BCUT2D eigenvalue weighted by molar-refractivity contribution is 7.07. The van der Waals surface area contributed by atoms with Gasteiger partial charge in [0.15, 0.2) is 0 Å². The first-order chi connectivity index (χ1) is 11.5. The van der Waals surface area contributed by atoms with Crippen molar-refractivity contribution in [3.05, 3.63) is 61.3 Å². The molecule has 24 heavy (non-hydrogen) atoms. The first-order valence-corrected chi connectivity index (χ1v) is 8.83. The Balaban J connectivity index is 1.67. The van der Waals surface area contributed by atoms with Crippen LogP contribution >= 0.6 is 22.9 Å². The number of hydrogen-bond acceptors (Lipinski definition) is 5. The van der Waals surface area contributed by atoms with E-state index in [9.17, 15) is 14.9 Å². The zero-order chi connectivity index (χ0) is 17.1. The Hall–Kier alpha value is -1.96. The van der Waals surface area contributed by atoms with Gasteiger partial charge in [-0.2, -0.15) is 11.3 Å². The molecule has 1 fully saturated rings. The van der Waals surface area contributed by atoms with Crippen LogP contribution in [0.4, 0.5) is 5.69 Å². The molecule has 6 nitrogen and oxygen atoms in total. The first kappa shape index (κ1) is 16.9. The number of piperazine rings is 1. The number of nitrogens with zero attached hydrogens (tertiary/aromatic N) is 3. The molecule has 1 aliphatic heterocycles. The predicted molar refractivity (Wildman–Crippen MR) is 93.6 cm³/mol. The Labute approximate surface area is 148 Å². The first-order valence-electron chi connectivity index (χ1n) is 7.51. The number of carbonyl (C=O) groups is 1. The lowest BCUT2D eigenvalue weighted by molar-refractivity contribution is -0.385. The number of nitro benzene ring substituents is 1. The molecule has 0 unspecified atom stereocenters. The van der Waals surface area contributed by atoms with E-state index >= 15 is 0 Å². The molecule has 0 aliphatic carbocycles. The van der Waals surface area contributed by atoms with E-state index in [1.54, 1.807) is 16.2 Å². The van der Waals surface area contributed by atoms with E-state index in [0.29, 0.717) is 18.1 Å². The van der Waals surface area contributed by atoms with Crippen molar-refractivity contribution in [2.45, 2.75) is 6.54 Å². The summed E-state index contributed by atoms with van der Waals surface area (Å²) in [6, 6.07) is 6.18. The lowest BCUT2D eigenvalue weighted by Crippen LogP contribution is -2.48. The summed E-state index contributed by atoms with van der Waals surface area (Å²) in [5.41, 5.74) is 1.12. The molecule has 0 atom stereocenters. The monoisotopic (exact) mass is 365 g/mol. The van der Waals surface area contributed by atoms with E-state index in [-0.39, 0.29) is 17.2 Å². The summed E-state index contributed by atoms with van der Waals surface area (Å²) in [4.78, 5) is 27.2. The number of carbonyl (C=O) groups excluding carboxylic acids is 1. The normalized spacial score (nSPS) is 15.5. The molecule has 1 saturated heterocycles. The quantitative estimate of drug-likeness (QED) is 0.616. The average molecular weight is 366 g/mol. The van der Waals surface area contributed by atoms with Crippen molar-refractivity contribution in [3.8, 4) is 0 Å². The van der Waals surface area contributed by atoms with Crippen molar-refractivity contribution in [2.75, 3.05) is 26.2 Å². The molecular formula is C16H16ClN3O3S. The minimum Gasteiger partial charge on any atom is -0.336 e. The van der Waals surface area contributed by atoms with Crippen LogP contribution in [-0.4, -0.2) is 46.8 Å². The molecule has 2 aromatic rings. The topological polar surface area (TPSA) is 66.7 Å². The van der Waals surface area contributed by atoms with Crippen LogP contribution in [0.15, 0.2) is 35.0 Å². The largest absolute Gasteiger partial charge is 0.336 e. The van der Waals surface area contributed by atoms with Gasteiger partial charge in [-0.25, -0.2) is 0 Å². The van der Waals surface area contributed by atoms with Crippen LogP contribution in [0.5, 0.6) is 0 Å². The summed E-state index contributed by atoms with van der Waals surface area (Å²) in [5.74, 6) is -0.334. The summed E-state index contributed by atoms with van der Waals surface area (Å²) < 4.78 is 0. The number of rotatable bonds is 4. The molecule has 0 spiro atoms. The van der Waals surface area contributed by atoms with Crippen molar-refractivity contribution in [2.24, 2.45) is 0 Å². The Bertz CT molecular complexity index is 743. The molecule has 0 bridgehead atoms. The van der Waals surface area contributed by atoms with Gasteiger partial charge in [0.1, 0.15) is 5.56 Å². The number of amides is 1. The molecule has 1 aliphatic rings. The van der Waals surface area contributed by atoms with Gasteiger partial charge in [-0.3, -0.25) is 19.8 Å². The van der Waals surface area contributed by atoms with Crippen LogP contribution in [0.1, 0.15) is 15.9 Å². The van der Waals surface area contributed by atoms with E-state index < -0.39 is 4.92 Å². The maximum atomic E-state index is 12.6. The Morgan fingerprint density at radius 3 is 2.62 bits per heavy atom. The fraction of sp³-hybridized carbons (Fsp3) is 0.312. The van der Waals surface area contributed by atoms with Crippen LogP contribution in [0.2, 0.25) is 5.02 Å². The fourth-order valence-corrected chi connectivity index (χ4v) is 3.59. The molecule has 126 valence electrons. The third-order valence-corrected chi connectivity index (χ3v) is 5.00. The van der Waals surface area contributed by atoms with Gasteiger partial charge < -0.3 is 4.90 Å². The standard InChI is InChI=1S/C16H16ClN3O3S/c17-13-1-2-15(20(22)23)14(9-13)16(21)19-6-4-18(5-7-19)10-12-3-8-24-11-12/h1-3,8-9,11H,4-7,10H2. The molecule has 1 aromatic carbocycles.